The third-order valence-corrected chi connectivity index (χ3v) is 4.26. The van der Waals surface area contributed by atoms with Gasteiger partial charge in [0.2, 0.25) is 0 Å². The Kier molecular flexibility index (Phi) is 3.92. The lowest BCUT2D eigenvalue weighted by atomic mass is 9.97. The molecule has 2 heterocycles. The average Bonchev–Trinajstić information content (AvgIpc) is 2.47. The fourth-order valence-corrected chi connectivity index (χ4v) is 3.16. The molecule has 1 fully saturated rings. The number of benzene rings is 1. The van der Waals surface area contributed by atoms with E-state index in [1.165, 1.54) is 37.1 Å². The summed E-state index contributed by atoms with van der Waals surface area (Å²) in [7, 11) is 0. The predicted molar refractivity (Wildman–Crippen MR) is 79.2 cm³/mol. The maximum atomic E-state index is 5.74. The van der Waals surface area contributed by atoms with Gasteiger partial charge in [0.15, 0.2) is 0 Å². The summed E-state index contributed by atoms with van der Waals surface area (Å²) in [6, 6.07) is 7.36. The first-order valence-corrected chi connectivity index (χ1v) is 7.61. The summed E-state index contributed by atoms with van der Waals surface area (Å²) in [5.41, 5.74) is 2.71. The lowest BCUT2D eigenvalue weighted by Gasteiger charge is -2.31. The molecule has 0 amide bonds. The molecule has 3 nitrogen and oxygen atoms in total. The topological polar surface area (TPSA) is 24.5 Å². The summed E-state index contributed by atoms with van der Waals surface area (Å²) < 4.78 is 5.74. The van der Waals surface area contributed by atoms with Crippen LogP contribution in [0.25, 0.3) is 0 Å². The summed E-state index contributed by atoms with van der Waals surface area (Å²) in [6.07, 6.45) is 5.15. The minimum atomic E-state index is 0.659. The van der Waals surface area contributed by atoms with Gasteiger partial charge in [-0.3, -0.25) is 0 Å². The Balaban J connectivity index is 1.75. The normalized spacial score (nSPS) is 22.8. The first-order chi connectivity index (χ1) is 9.36. The predicted octanol–water partition coefficient (Wildman–Crippen LogP) is 2.59. The van der Waals surface area contributed by atoms with Crippen molar-refractivity contribution < 1.29 is 4.74 Å². The van der Waals surface area contributed by atoms with E-state index in [0.717, 1.165) is 31.9 Å². The van der Waals surface area contributed by atoms with Gasteiger partial charge in [0.25, 0.3) is 0 Å². The first-order valence-electron chi connectivity index (χ1n) is 7.61. The average molecular weight is 260 g/mol. The van der Waals surface area contributed by atoms with Crippen LogP contribution in [-0.2, 0) is 6.42 Å². The van der Waals surface area contributed by atoms with Crippen molar-refractivity contribution in [2.45, 2.75) is 38.6 Å². The second-order valence-corrected chi connectivity index (χ2v) is 5.58. The van der Waals surface area contributed by atoms with Crippen LogP contribution in [0.15, 0.2) is 18.2 Å². The van der Waals surface area contributed by atoms with Crippen molar-refractivity contribution in [3.8, 4) is 5.75 Å². The maximum Gasteiger partial charge on any atom is 0.142 e. The number of anilines is 1. The summed E-state index contributed by atoms with van der Waals surface area (Å²) in [4.78, 5) is 2.41. The van der Waals surface area contributed by atoms with Crippen molar-refractivity contribution in [2.24, 2.45) is 0 Å². The second-order valence-electron chi connectivity index (χ2n) is 5.58. The number of hydrogen-bond acceptors (Lipinski definition) is 3. The molecule has 0 saturated carbocycles. The molecule has 2 aliphatic heterocycles. The maximum absolute atomic E-state index is 5.74. The molecule has 1 saturated heterocycles. The Hall–Kier alpha value is -1.22. The third-order valence-electron chi connectivity index (χ3n) is 4.26. The highest BCUT2D eigenvalue weighted by atomic mass is 16.5. The largest absolute Gasteiger partial charge is 0.490 e. The molecule has 1 atom stereocenters. The van der Waals surface area contributed by atoms with E-state index in [-0.39, 0.29) is 0 Å². The van der Waals surface area contributed by atoms with Crippen molar-refractivity contribution in [1.29, 1.82) is 0 Å². The Morgan fingerprint density at radius 1 is 1.37 bits per heavy atom. The zero-order chi connectivity index (χ0) is 13.1. The highest BCUT2D eigenvalue weighted by Gasteiger charge is 2.18. The van der Waals surface area contributed by atoms with E-state index in [1.807, 2.05) is 0 Å². The Morgan fingerprint density at radius 2 is 2.32 bits per heavy atom. The van der Waals surface area contributed by atoms with E-state index < -0.39 is 0 Å². The molecule has 19 heavy (non-hydrogen) atoms. The molecular weight excluding hydrogens is 236 g/mol. The Morgan fingerprint density at radius 3 is 3.11 bits per heavy atom. The summed E-state index contributed by atoms with van der Waals surface area (Å²) in [5.74, 6) is 1.05. The second kappa shape index (κ2) is 5.83. The van der Waals surface area contributed by atoms with Gasteiger partial charge in [0.05, 0.1) is 12.2 Å². The minimum absolute atomic E-state index is 0.659. The van der Waals surface area contributed by atoms with E-state index in [9.17, 15) is 0 Å². The summed E-state index contributed by atoms with van der Waals surface area (Å²) in [6.45, 7) is 6.27. The van der Waals surface area contributed by atoms with Gasteiger partial charge in [-0.1, -0.05) is 12.5 Å². The molecule has 0 spiro atoms. The van der Waals surface area contributed by atoms with Crippen molar-refractivity contribution in [2.75, 3.05) is 31.1 Å². The number of fused-ring (bicyclic) bond motifs is 1. The van der Waals surface area contributed by atoms with Gasteiger partial charge >= 0.3 is 0 Å². The van der Waals surface area contributed by atoms with Crippen LogP contribution in [0.2, 0.25) is 0 Å². The molecule has 1 N–H and O–H groups in total. The van der Waals surface area contributed by atoms with Crippen molar-refractivity contribution in [3.05, 3.63) is 23.8 Å². The van der Waals surface area contributed by atoms with Crippen LogP contribution in [0.5, 0.6) is 5.75 Å². The zero-order valence-corrected chi connectivity index (χ0v) is 11.8. The lowest BCUT2D eigenvalue weighted by molar-refractivity contribution is 0.308. The molecule has 0 aliphatic carbocycles. The van der Waals surface area contributed by atoms with Gasteiger partial charge < -0.3 is 15.0 Å². The van der Waals surface area contributed by atoms with E-state index in [0.29, 0.717) is 6.04 Å². The molecular formula is C16H24N2O. The van der Waals surface area contributed by atoms with Gasteiger partial charge in [0, 0.05) is 12.6 Å². The van der Waals surface area contributed by atoms with Crippen LogP contribution >= 0.6 is 0 Å². The van der Waals surface area contributed by atoms with Crippen LogP contribution < -0.4 is 15.0 Å². The summed E-state index contributed by atoms with van der Waals surface area (Å²) >= 11 is 0. The number of likely N-dealkylation sites (N-methyl/N-ethyl adjacent to an activating group) is 1. The van der Waals surface area contributed by atoms with E-state index in [4.69, 9.17) is 4.74 Å². The molecule has 3 rings (SSSR count). The number of piperidine rings is 1. The molecule has 104 valence electrons. The highest BCUT2D eigenvalue weighted by molar-refractivity contribution is 5.61. The van der Waals surface area contributed by atoms with Crippen LogP contribution in [0.3, 0.4) is 0 Å². The van der Waals surface area contributed by atoms with Crippen LogP contribution in [0.1, 0.15) is 31.7 Å². The zero-order valence-electron chi connectivity index (χ0n) is 11.8. The quantitative estimate of drug-likeness (QED) is 0.904. The van der Waals surface area contributed by atoms with Crippen LogP contribution in [0.4, 0.5) is 5.69 Å². The van der Waals surface area contributed by atoms with Gasteiger partial charge in [-0.15, -0.1) is 0 Å². The standard InChI is InChI=1S/C16H24N2O/c1-2-18-9-10-19-16-7-6-13(12-15(16)18)11-14-5-3-4-8-17-14/h6-7,12,14,17H,2-5,8-11H2,1H3. The Labute approximate surface area is 115 Å². The molecule has 2 aliphatic rings. The number of hydrogen-bond donors (Lipinski definition) is 1. The van der Waals surface area contributed by atoms with Gasteiger partial charge in [-0.05, 0) is 50.4 Å². The van der Waals surface area contributed by atoms with Gasteiger partial charge in [0.1, 0.15) is 12.4 Å². The Bertz CT molecular complexity index is 427. The fourth-order valence-electron chi connectivity index (χ4n) is 3.16. The van der Waals surface area contributed by atoms with Crippen LogP contribution in [0, 0.1) is 0 Å². The van der Waals surface area contributed by atoms with Gasteiger partial charge in [-0.2, -0.15) is 0 Å². The number of rotatable bonds is 3. The number of nitrogens with zero attached hydrogens (tertiary/aromatic N) is 1. The molecule has 1 aromatic rings. The van der Waals surface area contributed by atoms with E-state index >= 15 is 0 Å². The molecule has 1 unspecified atom stereocenters. The van der Waals surface area contributed by atoms with E-state index in [1.54, 1.807) is 0 Å². The van der Waals surface area contributed by atoms with Crippen LogP contribution in [-0.4, -0.2) is 32.3 Å². The SMILES string of the molecule is CCN1CCOc2ccc(CC3CCCCN3)cc21. The number of ether oxygens (including phenoxy) is 1. The first kappa shape index (κ1) is 12.8. The van der Waals surface area contributed by atoms with Crippen molar-refractivity contribution in [3.63, 3.8) is 0 Å². The molecule has 1 aromatic carbocycles. The third kappa shape index (κ3) is 2.86. The molecule has 0 bridgehead atoms. The molecule has 0 radical (unpaired) electrons. The van der Waals surface area contributed by atoms with Crippen molar-refractivity contribution in [1.82, 2.24) is 5.32 Å². The van der Waals surface area contributed by atoms with Gasteiger partial charge in [-0.25, -0.2) is 0 Å². The lowest BCUT2D eigenvalue weighted by Crippen LogP contribution is -2.36. The number of nitrogens with one attached hydrogen (secondary N) is 1. The smallest absolute Gasteiger partial charge is 0.142 e. The minimum Gasteiger partial charge on any atom is -0.490 e. The highest BCUT2D eigenvalue weighted by Crippen LogP contribution is 2.32. The monoisotopic (exact) mass is 260 g/mol. The molecule has 0 aromatic heterocycles. The van der Waals surface area contributed by atoms with Crippen molar-refractivity contribution >= 4 is 5.69 Å². The van der Waals surface area contributed by atoms with E-state index in [2.05, 4.69) is 35.3 Å². The summed E-state index contributed by atoms with van der Waals surface area (Å²) in [5, 5.41) is 3.63. The molecule has 3 heteroatoms. The fraction of sp³-hybridized carbons (Fsp3) is 0.625.